The molecule has 0 heteroatoms. The highest BCUT2D eigenvalue weighted by Gasteiger charge is 1.43. The first-order valence-electron chi connectivity index (χ1n) is 1.53. The third kappa shape index (κ3) is 3.04. The molecule has 0 aliphatic carbocycles. The third-order valence-electron chi connectivity index (χ3n) is 0.276. The van der Waals surface area contributed by atoms with Gasteiger partial charge in [0.2, 0.25) is 0 Å². The summed E-state index contributed by atoms with van der Waals surface area (Å²) in [6.07, 6.45) is 4.06. The summed E-state index contributed by atoms with van der Waals surface area (Å²) in [7, 11) is 0. The minimum Gasteiger partial charge on any atom is -0.127 e. The summed E-state index contributed by atoms with van der Waals surface area (Å²) in [5.74, 6) is 0. The van der Waals surface area contributed by atoms with Gasteiger partial charge in [-0.05, 0) is 6.08 Å². The van der Waals surface area contributed by atoms with Gasteiger partial charge in [0.15, 0.2) is 0 Å². The van der Waals surface area contributed by atoms with Gasteiger partial charge < -0.3 is 0 Å². The van der Waals surface area contributed by atoms with Crippen LogP contribution in [0.1, 0.15) is 0 Å². The topological polar surface area (TPSA) is 0 Å². The van der Waals surface area contributed by atoms with Gasteiger partial charge in [-0.25, -0.2) is 0 Å². The number of hydrogen-bond acceptors (Lipinski definition) is 0. The molecular weight excluding hydrogens is 72.1 g/mol. The summed E-state index contributed by atoms with van der Waals surface area (Å²) in [5.41, 5.74) is 4.89. The summed E-state index contributed by atoms with van der Waals surface area (Å²) in [4.78, 5) is 0. The molecular formula is C6H5. The molecule has 0 heterocycles. The van der Waals surface area contributed by atoms with Crippen molar-refractivity contribution in [1.82, 2.24) is 0 Å². The first-order chi connectivity index (χ1) is 2.91. The van der Waals surface area contributed by atoms with Gasteiger partial charge in [0.25, 0.3) is 0 Å². The number of hydrogen-bond donors (Lipinski definition) is 0. The van der Waals surface area contributed by atoms with Crippen molar-refractivity contribution in [3.8, 4) is 0 Å². The van der Waals surface area contributed by atoms with Crippen molar-refractivity contribution in [2.75, 3.05) is 0 Å². The molecule has 0 aliphatic heterocycles. The Bertz CT molecular complexity index is 92.0. The molecule has 0 fully saturated rings. The lowest BCUT2D eigenvalue weighted by molar-refractivity contribution is 1.96. The van der Waals surface area contributed by atoms with Gasteiger partial charge in [-0.2, -0.15) is 0 Å². The first-order valence-corrected chi connectivity index (χ1v) is 1.53. The van der Waals surface area contributed by atoms with Crippen molar-refractivity contribution < 1.29 is 0 Å². The normalized spacial score (nSPS) is 4.67. The summed E-state index contributed by atoms with van der Waals surface area (Å²) in [6.45, 7) is 6.55. The van der Waals surface area contributed by atoms with Gasteiger partial charge in [0.1, 0.15) is 0 Å². The van der Waals surface area contributed by atoms with Crippen molar-refractivity contribution >= 4 is 0 Å². The van der Waals surface area contributed by atoms with E-state index in [0.29, 0.717) is 0 Å². The van der Waals surface area contributed by atoms with E-state index in [2.05, 4.69) is 30.7 Å². The van der Waals surface area contributed by atoms with Crippen LogP contribution < -0.4 is 0 Å². The van der Waals surface area contributed by atoms with E-state index in [1.807, 2.05) is 0 Å². The summed E-state index contributed by atoms with van der Waals surface area (Å²) >= 11 is 0. The second kappa shape index (κ2) is 4.04. The smallest absolute Gasteiger partial charge is 0.0391 e. The van der Waals surface area contributed by atoms with Crippen molar-refractivity contribution in [2.45, 2.75) is 0 Å². The summed E-state index contributed by atoms with van der Waals surface area (Å²) in [6, 6.07) is 0. The van der Waals surface area contributed by atoms with Gasteiger partial charge >= 0.3 is 0 Å². The fourth-order valence-corrected chi connectivity index (χ4v) is 0.102. The maximum Gasteiger partial charge on any atom is 0.0391 e. The summed E-state index contributed by atoms with van der Waals surface area (Å²) < 4.78 is 0. The number of rotatable bonds is 1. The predicted octanol–water partition coefficient (Wildman–Crippen LogP) is 1.47. The van der Waals surface area contributed by atoms with Gasteiger partial charge in [-0.15, -0.1) is 11.5 Å². The van der Waals surface area contributed by atoms with Crippen molar-refractivity contribution in [1.29, 1.82) is 0 Å². The minimum atomic E-state index is 1.52. The average molecular weight is 77.1 g/mol. The van der Waals surface area contributed by atoms with E-state index in [1.54, 1.807) is 0 Å². The molecule has 0 nitrogen and oxygen atoms in total. The molecule has 0 saturated carbocycles. The standard InChI is InChI=1S/C6H5/c1-3-5-6-4-2/h5H,1-2H2. The highest BCUT2D eigenvalue weighted by molar-refractivity contribution is 4.89. The second-order valence-corrected chi connectivity index (χ2v) is 0.670. The Labute approximate surface area is 37.8 Å². The van der Waals surface area contributed by atoms with Crippen molar-refractivity contribution in [3.63, 3.8) is 0 Å². The molecule has 0 aliphatic rings. The molecule has 1 radical (unpaired) electrons. The lowest BCUT2D eigenvalue weighted by Crippen LogP contribution is -1.32. The van der Waals surface area contributed by atoms with Crippen LogP contribution in [0.5, 0.6) is 0 Å². The van der Waals surface area contributed by atoms with Gasteiger partial charge in [0.05, 0.1) is 0 Å². The zero-order valence-corrected chi connectivity index (χ0v) is 3.49. The van der Waals surface area contributed by atoms with Gasteiger partial charge in [0, 0.05) is 6.08 Å². The van der Waals surface area contributed by atoms with Crippen LogP contribution in [0.25, 0.3) is 0 Å². The zero-order chi connectivity index (χ0) is 4.83. The Hall–Kier alpha value is -0.960. The minimum absolute atomic E-state index is 1.52. The molecule has 0 N–H and O–H groups in total. The van der Waals surface area contributed by atoms with E-state index < -0.39 is 0 Å². The highest BCUT2D eigenvalue weighted by Crippen LogP contribution is 1.59. The first kappa shape index (κ1) is 5.04. The fraction of sp³-hybridized carbons (Fsp3) is 0. The molecule has 0 aromatic heterocycles. The molecule has 6 heavy (non-hydrogen) atoms. The van der Waals surface area contributed by atoms with Crippen LogP contribution in [0.3, 0.4) is 0 Å². The monoisotopic (exact) mass is 77.0 g/mol. The van der Waals surface area contributed by atoms with Crippen LogP contribution in [-0.4, -0.2) is 0 Å². The van der Waals surface area contributed by atoms with Gasteiger partial charge in [-0.1, -0.05) is 13.2 Å². The van der Waals surface area contributed by atoms with E-state index in [9.17, 15) is 0 Å². The third-order valence-corrected chi connectivity index (χ3v) is 0.276. The Kier molecular flexibility index (Phi) is 3.39. The highest BCUT2D eigenvalue weighted by atomic mass is 13.5. The summed E-state index contributed by atoms with van der Waals surface area (Å²) in [5, 5.41) is 0. The molecule has 0 bridgehead atoms. The SMILES string of the molecule is C=C=[C]C=C=C. The second-order valence-electron chi connectivity index (χ2n) is 0.670. The molecule has 0 rings (SSSR count). The van der Waals surface area contributed by atoms with E-state index in [1.165, 1.54) is 6.08 Å². The average Bonchev–Trinajstić information content (AvgIpc) is 1.61. The van der Waals surface area contributed by atoms with Crippen molar-refractivity contribution in [3.05, 3.63) is 36.8 Å². The van der Waals surface area contributed by atoms with E-state index in [-0.39, 0.29) is 0 Å². The van der Waals surface area contributed by atoms with E-state index >= 15 is 0 Å². The van der Waals surface area contributed by atoms with Crippen LogP contribution in [0.4, 0.5) is 0 Å². The van der Waals surface area contributed by atoms with Crippen LogP contribution >= 0.6 is 0 Å². The molecule has 0 aromatic rings. The molecule has 0 atom stereocenters. The maximum absolute atomic E-state index is 3.29. The van der Waals surface area contributed by atoms with Gasteiger partial charge in [-0.3, -0.25) is 0 Å². The Morgan fingerprint density at radius 2 is 2.00 bits per heavy atom. The van der Waals surface area contributed by atoms with E-state index in [4.69, 9.17) is 0 Å². The molecule has 0 saturated heterocycles. The predicted molar refractivity (Wildman–Crippen MR) is 26.1 cm³/mol. The van der Waals surface area contributed by atoms with Crippen LogP contribution in [-0.2, 0) is 0 Å². The largest absolute Gasteiger partial charge is 0.127 e. The quantitative estimate of drug-likeness (QED) is 0.328. The Balaban J connectivity index is 3.64. The maximum atomic E-state index is 3.29. The van der Waals surface area contributed by atoms with Crippen LogP contribution in [0.15, 0.2) is 30.7 Å². The molecule has 0 aromatic carbocycles. The zero-order valence-electron chi connectivity index (χ0n) is 3.49. The molecule has 0 spiro atoms. The van der Waals surface area contributed by atoms with Crippen LogP contribution in [0, 0.1) is 6.08 Å². The molecule has 29 valence electrons. The van der Waals surface area contributed by atoms with Crippen molar-refractivity contribution in [2.24, 2.45) is 0 Å². The Morgan fingerprint density at radius 3 is 2.17 bits per heavy atom. The lowest BCUT2D eigenvalue weighted by Gasteiger charge is -1.48. The fourth-order valence-electron chi connectivity index (χ4n) is 0.102. The Morgan fingerprint density at radius 1 is 1.33 bits per heavy atom. The van der Waals surface area contributed by atoms with E-state index in [0.717, 1.165) is 0 Å². The lowest BCUT2D eigenvalue weighted by atomic mass is 10.6. The molecule has 0 unspecified atom stereocenters. The van der Waals surface area contributed by atoms with Crippen LogP contribution in [0.2, 0.25) is 0 Å². The molecule has 0 amide bonds. The number of allylic oxidation sites excluding steroid dienone is 2.